The summed E-state index contributed by atoms with van der Waals surface area (Å²) >= 11 is 6.68. The van der Waals surface area contributed by atoms with Gasteiger partial charge in [0.15, 0.2) is 5.11 Å². The van der Waals surface area contributed by atoms with Crippen LogP contribution in [0.2, 0.25) is 0 Å². The highest BCUT2D eigenvalue weighted by Crippen LogP contribution is 2.28. The number of carbonyl (C=O) groups is 2. The number of ether oxygens (including phenoxy) is 1. The highest BCUT2D eigenvalue weighted by molar-refractivity contribution is 7.80. The number of anilines is 1. The molecule has 150 valence electrons. The highest BCUT2D eigenvalue weighted by atomic mass is 32.1. The third kappa shape index (κ3) is 4.00. The van der Waals surface area contributed by atoms with E-state index in [1.165, 1.54) is 16.2 Å². The fourth-order valence-corrected chi connectivity index (χ4v) is 4.14. The first-order valence-electron chi connectivity index (χ1n) is 9.11. The van der Waals surface area contributed by atoms with Crippen LogP contribution in [0.1, 0.15) is 15.6 Å². The first-order chi connectivity index (χ1) is 14.4. The summed E-state index contributed by atoms with van der Waals surface area (Å²) in [6.07, 6.45) is 1.57. The van der Waals surface area contributed by atoms with E-state index in [1.807, 2.05) is 44.2 Å². The maximum absolute atomic E-state index is 13.1. The Morgan fingerprint density at radius 1 is 1.03 bits per heavy atom. The Morgan fingerprint density at radius 2 is 1.70 bits per heavy atom. The third-order valence-electron chi connectivity index (χ3n) is 4.39. The van der Waals surface area contributed by atoms with Crippen LogP contribution in [-0.4, -0.2) is 21.9 Å². The Kier molecular flexibility index (Phi) is 5.43. The number of carbonyl (C=O) groups excluding carboxylic acids is 2. The van der Waals surface area contributed by atoms with Crippen molar-refractivity contribution >= 4 is 52.2 Å². The lowest BCUT2D eigenvalue weighted by atomic mass is 10.1. The van der Waals surface area contributed by atoms with Gasteiger partial charge in [-0.3, -0.25) is 19.8 Å². The van der Waals surface area contributed by atoms with Crippen molar-refractivity contribution in [3.8, 4) is 11.5 Å². The highest BCUT2D eigenvalue weighted by Gasteiger charge is 2.34. The molecule has 1 fully saturated rings. The largest absolute Gasteiger partial charge is 0.457 e. The molecule has 0 spiro atoms. The number of thiocarbonyl (C=S) groups is 1. The molecule has 0 saturated carbocycles. The monoisotopic (exact) mass is 435 g/mol. The minimum atomic E-state index is -0.518. The molecule has 8 heteroatoms. The van der Waals surface area contributed by atoms with E-state index >= 15 is 0 Å². The molecule has 1 aliphatic heterocycles. The van der Waals surface area contributed by atoms with Crippen molar-refractivity contribution in [2.75, 3.05) is 4.90 Å². The molecule has 6 nitrogen and oxygen atoms in total. The van der Waals surface area contributed by atoms with E-state index in [9.17, 15) is 9.59 Å². The topological polar surface area (TPSA) is 71.5 Å². The number of para-hydroxylation sites is 1. The SMILES string of the molecule is Cc1nc(C)c(C=C2C(=O)NC(=S)N(c3ccc(Oc4ccccc4)cc3)C2=O)s1. The van der Waals surface area contributed by atoms with Crippen molar-refractivity contribution in [3.63, 3.8) is 0 Å². The van der Waals surface area contributed by atoms with Gasteiger partial charge in [0.1, 0.15) is 17.1 Å². The Labute approximate surface area is 182 Å². The van der Waals surface area contributed by atoms with Gasteiger partial charge in [0.2, 0.25) is 0 Å². The van der Waals surface area contributed by atoms with Gasteiger partial charge in [-0.2, -0.15) is 0 Å². The Hall–Kier alpha value is -3.36. The van der Waals surface area contributed by atoms with Gasteiger partial charge in [0, 0.05) is 0 Å². The Balaban J connectivity index is 1.61. The summed E-state index contributed by atoms with van der Waals surface area (Å²) in [6, 6.07) is 16.3. The van der Waals surface area contributed by atoms with Gasteiger partial charge in [0.25, 0.3) is 11.8 Å². The number of aromatic nitrogens is 1. The summed E-state index contributed by atoms with van der Waals surface area (Å²) < 4.78 is 5.78. The number of nitrogens with zero attached hydrogens (tertiary/aromatic N) is 2. The predicted octanol–water partition coefficient (Wildman–Crippen LogP) is 4.38. The number of amides is 2. The van der Waals surface area contributed by atoms with Crippen LogP contribution < -0.4 is 15.0 Å². The average molecular weight is 436 g/mol. The van der Waals surface area contributed by atoms with E-state index in [0.29, 0.717) is 17.2 Å². The molecule has 0 aliphatic carbocycles. The van der Waals surface area contributed by atoms with Gasteiger partial charge in [0.05, 0.1) is 21.3 Å². The lowest BCUT2D eigenvalue weighted by Crippen LogP contribution is -2.54. The minimum absolute atomic E-state index is 0.0139. The summed E-state index contributed by atoms with van der Waals surface area (Å²) in [6.45, 7) is 3.72. The lowest BCUT2D eigenvalue weighted by molar-refractivity contribution is -0.122. The van der Waals surface area contributed by atoms with Crippen molar-refractivity contribution in [1.29, 1.82) is 0 Å². The zero-order valence-electron chi connectivity index (χ0n) is 16.2. The molecule has 1 saturated heterocycles. The van der Waals surface area contributed by atoms with Crippen molar-refractivity contribution in [3.05, 3.63) is 75.7 Å². The zero-order valence-corrected chi connectivity index (χ0v) is 17.8. The molecule has 2 amide bonds. The van der Waals surface area contributed by atoms with Gasteiger partial charge in [-0.25, -0.2) is 4.98 Å². The molecular formula is C22H17N3O3S2. The molecule has 2 aromatic carbocycles. The molecule has 3 aromatic rings. The lowest BCUT2D eigenvalue weighted by Gasteiger charge is -2.29. The standard InChI is InChI=1S/C22H17N3O3S2/c1-13-19(30-14(2)23-13)12-18-20(26)24-22(29)25(21(18)27)15-8-10-17(11-9-15)28-16-6-4-3-5-7-16/h3-12H,1-2H3,(H,24,26,29). The van der Waals surface area contributed by atoms with E-state index in [4.69, 9.17) is 17.0 Å². The first kappa shape index (κ1) is 19.9. The second kappa shape index (κ2) is 8.17. The van der Waals surface area contributed by atoms with Crippen molar-refractivity contribution < 1.29 is 14.3 Å². The van der Waals surface area contributed by atoms with Gasteiger partial charge in [-0.05, 0) is 68.5 Å². The van der Waals surface area contributed by atoms with E-state index in [0.717, 1.165) is 15.6 Å². The second-order valence-corrected chi connectivity index (χ2v) is 8.17. The number of hydrogen-bond donors (Lipinski definition) is 1. The number of rotatable bonds is 4. The van der Waals surface area contributed by atoms with Crippen LogP contribution in [0.4, 0.5) is 5.69 Å². The van der Waals surface area contributed by atoms with Crippen LogP contribution in [0.3, 0.4) is 0 Å². The smallest absolute Gasteiger partial charge is 0.270 e. The third-order valence-corrected chi connectivity index (χ3v) is 5.69. The summed E-state index contributed by atoms with van der Waals surface area (Å²) in [5.74, 6) is 0.333. The molecule has 1 aliphatic rings. The zero-order chi connectivity index (χ0) is 21.3. The Bertz CT molecular complexity index is 1170. The number of thiazole rings is 1. The normalized spacial score (nSPS) is 15.5. The van der Waals surface area contributed by atoms with Gasteiger partial charge in [-0.15, -0.1) is 11.3 Å². The fourth-order valence-electron chi connectivity index (χ4n) is 2.99. The van der Waals surface area contributed by atoms with E-state index in [1.54, 1.807) is 30.3 Å². The molecule has 0 unspecified atom stereocenters. The van der Waals surface area contributed by atoms with Gasteiger partial charge in [-0.1, -0.05) is 18.2 Å². The van der Waals surface area contributed by atoms with Crippen molar-refractivity contribution in [2.45, 2.75) is 13.8 Å². The van der Waals surface area contributed by atoms with Crippen LogP contribution in [0.5, 0.6) is 11.5 Å². The molecule has 30 heavy (non-hydrogen) atoms. The molecule has 0 radical (unpaired) electrons. The van der Waals surface area contributed by atoms with Crippen LogP contribution >= 0.6 is 23.6 Å². The minimum Gasteiger partial charge on any atom is -0.457 e. The van der Waals surface area contributed by atoms with E-state index in [2.05, 4.69) is 10.3 Å². The Morgan fingerprint density at radius 3 is 2.33 bits per heavy atom. The van der Waals surface area contributed by atoms with Gasteiger partial charge >= 0.3 is 0 Å². The molecule has 1 aromatic heterocycles. The molecular weight excluding hydrogens is 418 g/mol. The number of hydrogen-bond acceptors (Lipinski definition) is 6. The number of nitrogens with one attached hydrogen (secondary N) is 1. The molecule has 2 heterocycles. The van der Waals surface area contributed by atoms with Crippen LogP contribution in [0.25, 0.3) is 6.08 Å². The summed E-state index contributed by atoms with van der Waals surface area (Å²) in [7, 11) is 0. The number of aryl methyl sites for hydroxylation is 2. The fraction of sp³-hybridized carbons (Fsp3) is 0.0909. The van der Waals surface area contributed by atoms with Crippen LogP contribution in [0, 0.1) is 13.8 Å². The summed E-state index contributed by atoms with van der Waals surface area (Å²) in [5.41, 5.74) is 1.32. The van der Waals surface area contributed by atoms with Crippen molar-refractivity contribution in [1.82, 2.24) is 10.3 Å². The van der Waals surface area contributed by atoms with E-state index in [-0.39, 0.29) is 10.7 Å². The first-order valence-corrected chi connectivity index (χ1v) is 10.3. The molecule has 0 bridgehead atoms. The maximum atomic E-state index is 13.1. The second-order valence-electron chi connectivity index (χ2n) is 6.55. The van der Waals surface area contributed by atoms with Crippen LogP contribution in [-0.2, 0) is 9.59 Å². The predicted molar refractivity (Wildman–Crippen MR) is 121 cm³/mol. The molecule has 0 atom stereocenters. The van der Waals surface area contributed by atoms with Crippen LogP contribution in [0.15, 0.2) is 60.2 Å². The quantitative estimate of drug-likeness (QED) is 0.374. The van der Waals surface area contributed by atoms with Crippen molar-refractivity contribution in [2.24, 2.45) is 0 Å². The van der Waals surface area contributed by atoms with E-state index < -0.39 is 11.8 Å². The molecule has 1 N–H and O–H groups in total. The van der Waals surface area contributed by atoms with Gasteiger partial charge < -0.3 is 4.74 Å². The molecule has 4 rings (SSSR count). The summed E-state index contributed by atoms with van der Waals surface area (Å²) in [4.78, 5) is 31.9. The maximum Gasteiger partial charge on any atom is 0.270 e. The summed E-state index contributed by atoms with van der Waals surface area (Å²) in [5, 5.41) is 3.49. The number of benzene rings is 2. The average Bonchev–Trinajstić information content (AvgIpc) is 3.04.